The Hall–Kier alpha value is -7.41. The second-order valence-corrected chi connectivity index (χ2v) is 15.4. The van der Waals surface area contributed by atoms with E-state index in [1.807, 2.05) is 24.3 Å². The molecule has 0 bridgehead atoms. The van der Waals surface area contributed by atoms with Gasteiger partial charge in [0.15, 0.2) is 0 Å². The topological polar surface area (TPSA) is 30.3 Å². The standard InChI is InChI=1S/C55H41N3/c1-38-17-10-11-24-46(38)47-29-27-44(33-39(47)2)58(42-21-8-4-9-22-42)53-36-52-54(49-26-13-12-25-48(49)53)50-30-28-45(35-51(50)55(52)31-14-5-15-32-55)57(41-19-6-3-7-20-41)43-23-16-18-40(34-43)37-56/h3-31,33-36H,32H2,1-2H3. The van der Waals surface area contributed by atoms with Crippen molar-refractivity contribution in [2.75, 3.05) is 9.80 Å². The van der Waals surface area contributed by atoms with Crippen LogP contribution in [0.5, 0.6) is 0 Å². The summed E-state index contributed by atoms with van der Waals surface area (Å²) in [6.07, 6.45) is 9.96. The molecule has 8 aromatic carbocycles. The number of fused-ring (bicyclic) bond motifs is 7. The maximum Gasteiger partial charge on any atom is 0.0992 e. The smallest absolute Gasteiger partial charge is 0.0992 e. The largest absolute Gasteiger partial charge is 0.310 e. The number of allylic oxidation sites excluding steroid dienone is 4. The van der Waals surface area contributed by atoms with Gasteiger partial charge in [-0.05, 0) is 143 Å². The van der Waals surface area contributed by atoms with Crippen LogP contribution in [0.3, 0.4) is 0 Å². The van der Waals surface area contributed by atoms with E-state index in [1.54, 1.807) is 0 Å². The summed E-state index contributed by atoms with van der Waals surface area (Å²) in [6.45, 7) is 4.42. The van der Waals surface area contributed by atoms with Crippen molar-refractivity contribution in [1.82, 2.24) is 0 Å². The highest BCUT2D eigenvalue weighted by Gasteiger charge is 2.43. The fraction of sp³-hybridized carbons (Fsp3) is 0.0727. The van der Waals surface area contributed by atoms with Crippen LogP contribution < -0.4 is 9.80 Å². The van der Waals surface area contributed by atoms with Crippen molar-refractivity contribution < 1.29 is 0 Å². The van der Waals surface area contributed by atoms with Gasteiger partial charge in [-0.2, -0.15) is 5.26 Å². The SMILES string of the molecule is Cc1ccccc1-c1ccc(N(c2ccccc2)c2cc3c(c4ccccc24)-c2ccc(N(c4ccccc4)c4cccc(C#N)c4)cc2C32C=CC=CC2)cc1C. The van der Waals surface area contributed by atoms with E-state index in [0.717, 1.165) is 40.5 Å². The molecule has 0 saturated carbocycles. The van der Waals surface area contributed by atoms with E-state index in [-0.39, 0.29) is 0 Å². The Morgan fingerprint density at radius 2 is 1.10 bits per heavy atom. The number of aryl methyl sites for hydroxylation is 2. The Kier molecular flexibility index (Phi) is 8.62. The van der Waals surface area contributed by atoms with E-state index in [4.69, 9.17) is 0 Å². The van der Waals surface area contributed by atoms with E-state index in [0.29, 0.717) is 5.56 Å². The van der Waals surface area contributed by atoms with Crippen LogP contribution in [-0.4, -0.2) is 0 Å². The zero-order valence-electron chi connectivity index (χ0n) is 32.6. The third kappa shape index (κ3) is 5.73. The Labute approximate surface area is 340 Å². The molecule has 1 spiro atoms. The van der Waals surface area contributed by atoms with E-state index in [2.05, 4.69) is 206 Å². The van der Waals surface area contributed by atoms with Crippen molar-refractivity contribution in [2.24, 2.45) is 0 Å². The third-order valence-electron chi connectivity index (χ3n) is 12.0. The lowest BCUT2D eigenvalue weighted by Crippen LogP contribution is -2.24. The molecular weight excluding hydrogens is 703 g/mol. The normalized spacial score (nSPS) is 14.9. The van der Waals surface area contributed by atoms with Crippen LogP contribution in [0.4, 0.5) is 34.1 Å². The molecule has 2 aliphatic carbocycles. The first kappa shape index (κ1) is 35.0. The Morgan fingerprint density at radius 1 is 0.483 bits per heavy atom. The summed E-state index contributed by atoms with van der Waals surface area (Å²) in [4.78, 5) is 4.71. The number of benzene rings is 8. The molecule has 0 saturated heterocycles. The van der Waals surface area contributed by atoms with Gasteiger partial charge in [-0.3, -0.25) is 0 Å². The molecule has 1 unspecified atom stereocenters. The van der Waals surface area contributed by atoms with E-state index < -0.39 is 5.41 Å². The first-order valence-corrected chi connectivity index (χ1v) is 20.0. The summed E-state index contributed by atoms with van der Waals surface area (Å²) >= 11 is 0. The molecule has 3 heteroatoms. The number of nitrogens with zero attached hydrogens (tertiary/aromatic N) is 3. The van der Waals surface area contributed by atoms with Gasteiger partial charge in [0.2, 0.25) is 0 Å². The first-order chi connectivity index (χ1) is 28.5. The summed E-state index contributed by atoms with van der Waals surface area (Å²) in [7, 11) is 0. The lowest BCUT2D eigenvalue weighted by atomic mass is 9.73. The second kappa shape index (κ2) is 14.3. The van der Waals surface area contributed by atoms with Gasteiger partial charge in [0.25, 0.3) is 0 Å². The van der Waals surface area contributed by atoms with Gasteiger partial charge in [-0.15, -0.1) is 0 Å². The summed E-state index contributed by atoms with van der Waals surface area (Å²) in [5.41, 5.74) is 16.8. The van der Waals surface area contributed by atoms with Crippen molar-refractivity contribution in [3.63, 3.8) is 0 Å². The third-order valence-corrected chi connectivity index (χ3v) is 12.0. The van der Waals surface area contributed by atoms with Crippen LogP contribution in [0, 0.1) is 25.2 Å². The molecular formula is C55H41N3. The molecule has 0 N–H and O–H groups in total. The molecule has 0 aliphatic heterocycles. The minimum Gasteiger partial charge on any atom is -0.310 e. The zero-order chi connectivity index (χ0) is 39.2. The molecule has 0 radical (unpaired) electrons. The molecule has 1 atom stereocenters. The van der Waals surface area contributed by atoms with Gasteiger partial charge in [0.05, 0.1) is 17.3 Å². The molecule has 8 aromatic rings. The van der Waals surface area contributed by atoms with Crippen molar-refractivity contribution in [3.05, 3.63) is 228 Å². The highest BCUT2D eigenvalue weighted by Crippen LogP contribution is 2.58. The summed E-state index contributed by atoms with van der Waals surface area (Å²) in [6, 6.07) is 65.4. The van der Waals surface area contributed by atoms with Crippen molar-refractivity contribution >= 4 is 44.9 Å². The molecule has 0 amide bonds. The molecule has 10 rings (SSSR count). The lowest BCUT2D eigenvalue weighted by molar-refractivity contribution is 0.666. The number of para-hydroxylation sites is 2. The Bertz CT molecular complexity index is 2970. The van der Waals surface area contributed by atoms with Gasteiger partial charge >= 0.3 is 0 Å². The molecule has 0 fully saturated rings. The van der Waals surface area contributed by atoms with Gasteiger partial charge in [-0.25, -0.2) is 0 Å². The Balaban J connectivity index is 1.20. The molecule has 276 valence electrons. The van der Waals surface area contributed by atoms with Gasteiger partial charge < -0.3 is 9.80 Å². The minimum atomic E-state index is -0.391. The fourth-order valence-corrected chi connectivity index (χ4v) is 9.31. The van der Waals surface area contributed by atoms with Gasteiger partial charge in [0.1, 0.15) is 0 Å². The van der Waals surface area contributed by atoms with Gasteiger partial charge in [-0.1, -0.05) is 127 Å². The van der Waals surface area contributed by atoms with Crippen molar-refractivity contribution in [1.29, 1.82) is 5.26 Å². The maximum absolute atomic E-state index is 9.87. The number of anilines is 6. The minimum absolute atomic E-state index is 0.391. The molecule has 58 heavy (non-hydrogen) atoms. The average molecular weight is 744 g/mol. The van der Waals surface area contributed by atoms with Crippen LogP contribution in [0.25, 0.3) is 33.0 Å². The van der Waals surface area contributed by atoms with E-state index in [1.165, 1.54) is 55.3 Å². The highest BCUT2D eigenvalue weighted by atomic mass is 15.1. The summed E-state index contributed by atoms with van der Waals surface area (Å²) < 4.78 is 0. The lowest BCUT2D eigenvalue weighted by Gasteiger charge is -2.33. The maximum atomic E-state index is 9.87. The molecule has 0 aromatic heterocycles. The van der Waals surface area contributed by atoms with Crippen LogP contribution in [0.2, 0.25) is 0 Å². The predicted octanol–water partition coefficient (Wildman–Crippen LogP) is 14.7. The fourth-order valence-electron chi connectivity index (χ4n) is 9.31. The van der Waals surface area contributed by atoms with Crippen LogP contribution >= 0.6 is 0 Å². The van der Waals surface area contributed by atoms with Crippen LogP contribution in [0.1, 0.15) is 34.2 Å². The second-order valence-electron chi connectivity index (χ2n) is 15.4. The summed E-state index contributed by atoms with van der Waals surface area (Å²) in [5.74, 6) is 0. The van der Waals surface area contributed by atoms with Crippen molar-refractivity contribution in [2.45, 2.75) is 25.7 Å². The van der Waals surface area contributed by atoms with E-state index in [9.17, 15) is 5.26 Å². The number of hydrogen-bond donors (Lipinski definition) is 0. The average Bonchev–Trinajstić information content (AvgIpc) is 3.53. The van der Waals surface area contributed by atoms with E-state index >= 15 is 0 Å². The summed E-state index contributed by atoms with van der Waals surface area (Å²) in [5, 5.41) is 12.3. The molecule has 0 heterocycles. The number of hydrogen-bond acceptors (Lipinski definition) is 3. The number of rotatable bonds is 7. The molecule has 3 nitrogen and oxygen atoms in total. The quantitative estimate of drug-likeness (QED) is 0.163. The molecule has 2 aliphatic rings. The first-order valence-electron chi connectivity index (χ1n) is 20.0. The van der Waals surface area contributed by atoms with Crippen LogP contribution in [-0.2, 0) is 5.41 Å². The van der Waals surface area contributed by atoms with Crippen LogP contribution in [0.15, 0.2) is 200 Å². The monoisotopic (exact) mass is 743 g/mol. The highest BCUT2D eigenvalue weighted by molar-refractivity contribution is 6.10. The van der Waals surface area contributed by atoms with Crippen molar-refractivity contribution in [3.8, 4) is 28.3 Å². The van der Waals surface area contributed by atoms with Gasteiger partial charge in [0, 0.05) is 39.2 Å². The Morgan fingerprint density at radius 3 is 1.81 bits per heavy atom. The predicted molar refractivity (Wildman–Crippen MR) is 242 cm³/mol. The zero-order valence-corrected chi connectivity index (χ0v) is 32.6. The number of nitriles is 1.